The maximum Gasteiger partial charge on any atom is 0.124 e. The molecule has 3 nitrogen and oxygen atoms in total. The van der Waals surface area contributed by atoms with Gasteiger partial charge in [-0.2, -0.15) is 0 Å². The predicted octanol–water partition coefficient (Wildman–Crippen LogP) is 4.35. The number of benzene rings is 2. The third-order valence-corrected chi connectivity index (χ3v) is 4.88. The molecule has 1 fully saturated rings. The van der Waals surface area contributed by atoms with Crippen molar-refractivity contribution in [3.8, 4) is 5.75 Å². The lowest BCUT2D eigenvalue weighted by atomic mass is 9.93. The molecule has 4 heteroatoms. The molecule has 1 heterocycles. The number of rotatable bonds is 5. The van der Waals surface area contributed by atoms with Crippen molar-refractivity contribution >= 4 is 11.6 Å². The third kappa shape index (κ3) is 4.35. The molecule has 0 aliphatic carbocycles. The largest absolute Gasteiger partial charge is 0.494 e. The first-order chi connectivity index (χ1) is 12.1. The number of hydrogen-bond donors (Lipinski definition) is 1. The van der Waals surface area contributed by atoms with Gasteiger partial charge in [0.25, 0.3) is 0 Å². The monoisotopic (exact) mass is 358 g/mol. The summed E-state index contributed by atoms with van der Waals surface area (Å²) < 4.78 is 5.94. The molecule has 1 aliphatic rings. The van der Waals surface area contributed by atoms with Crippen LogP contribution in [0.25, 0.3) is 0 Å². The van der Waals surface area contributed by atoms with E-state index in [-0.39, 0.29) is 6.04 Å². The molecule has 25 heavy (non-hydrogen) atoms. The minimum atomic E-state index is 0.154. The molecule has 0 saturated carbocycles. The van der Waals surface area contributed by atoms with Crippen molar-refractivity contribution in [2.75, 3.05) is 32.8 Å². The van der Waals surface area contributed by atoms with Crippen molar-refractivity contribution in [2.45, 2.75) is 26.8 Å². The summed E-state index contributed by atoms with van der Waals surface area (Å²) in [4.78, 5) is 2.53. The molecule has 134 valence electrons. The predicted molar refractivity (Wildman–Crippen MR) is 105 cm³/mol. The number of hydrogen-bond acceptors (Lipinski definition) is 3. The van der Waals surface area contributed by atoms with Gasteiger partial charge in [0.05, 0.1) is 12.6 Å². The number of ether oxygens (including phenoxy) is 1. The summed E-state index contributed by atoms with van der Waals surface area (Å²) in [6.07, 6.45) is 0. The normalized spacial score (nSPS) is 16.6. The number of nitrogens with one attached hydrogen (secondary N) is 1. The van der Waals surface area contributed by atoms with Gasteiger partial charge in [0.1, 0.15) is 5.75 Å². The molecule has 0 bridgehead atoms. The van der Waals surface area contributed by atoms with E-state index in [4.69, 9.17) is 16.3 Å². The Labute approximate surface area is 155 Å². The van der Waals surface area contributed by atoms with Crippen LogP contribution < -0.4 is 10.1 Å². The van der Waals surface area contributed by atoms with Gasteiger partial charge in [-0.05, 0) is 44.5 Å². The fraction of sp³-hybridized carbons (Fsp3) is 0.429. The molecule has 1 saturated heterocycles. The van der Waals surface area contributed by atoms with Gasteiger partial charge in [-0.25, -0.2) is 0 Å². The summed E-state index contributed by atoms with van der Waals surface area (Å²) in [5, 5.41) is 4.20. The van der Waals surface area contributed by atoms with E-state index in [1.54, 1.807) is 0 Å². The molecule has 1 unspecified atom stereocenters. The number of aryl methyl sites for hydroxylation is 2. The highest BCUT2D eigenvalue weighted by molar-refractivity contribution is 6.30. The molecule has 3 rings (SSSR count). The molecular weight excluding hydrogens is 332 g/mol. The summed E-state index contributed by atoms with van der Waals surface area (Å²) in [5.41, 5.74) is 5.04. The fourth-order valence-corrected chi connectivity index (χ4v) is 3.90. The van der Waals surface area contributed by atoms with E-state index in [1.807, 2.05) is 19.1 Å². The third-order valence-electron chi connectivity index (χ3n) is 4.64. The Morgan fingerprint density at radius 3 is 2.40 bits per heavy atom. The average Bonchev–Trinajstić information content (AvgIpc) is 2.58. The van der Waals surface area contributed by atoms with E-state index in [1.165, 1.54) is 16.7 Å². The lowest BCUT2D eigenvalue weighted by molar-refractivity contribution is 0.194. The van der Waals surface area contributed by atoms with E-state index < -0.39 is 0 Å². The zero-order valence-corrected chi connectivity index (χ0v) is 16.1. The number of nitrogens with zero attached hydrogens (tertiary/aromatic N) is 1. The summed E-state index contributed by atoms with van der Waals surface area (Å²) in [6, 6.07) is 12.9. The van der Waals surface area contributed by atoms with Gasteiger partial charge in [-0.1, -0.05) is 40.9 Å². The van der Waals surface area contributed by atoms with Crippen LogP contribution in [0.1, 0.15) is 35.2 Å². The van der Waals surface area contributed by atoms with Crippen LogP contribution in [0.15, 0.2) is 36.4 Å². The average molecular weight is 359 g/mol. The quantitative estimate of drug-likeness (QED) is 0.859. The first-order valence-corrected chi connectivity index (χ1v) is 9.41. The van der Waals surface area contributed by atoms with Crippen molar-refractivity contribution in [3.05, 3.63) is 63.7 Å². The van der Waals surface area contributed by atoms with E-state index in [0.717, 1.165) is 42.5 Å². The lowest BCUT2D eigenvalue weighted by Crippen LogP contribution is -2.45. The second kappa shape index (κ2) is 8.22. The first-order valence-electron chi connectivity index (χ1n) is 9.03. The van der Waals surface area contributed by atoms with Gasteiger partial charge in [-0.3, -0.25) is 4.90 Å². The molecule has 0 spiro atoms. The van der Waals surface area contributed by atoms with E-state index in [0.29, 0.717) is 6.61 Å². The minimum absolute atomic E-state index is 0.154. The van der Waals surface area contributed by atoms with E-state index >= 15 is 0 Å². The van der Waals surface area contributed by atoms with Gasteiger partial charge in [0.2, 0.25) is 0 Å². The zero-order valence-electron chi connectivity index (χ0n) is 15.3. The van der Waals surface area contributed by atoms with Crippen LogP contribution in [0.5, 0.6) is 5.75 Å². The molecule has 0 aromatic heterocycles. The molecule has 2 aromatic rings. The van der Waals surface area contributed by atoms with Crippen LogP contribution in [0.2, 0.25) is 5.02 Å². The Kier molecular flexibility index (Phi) is 6.00. The zero-order chi connectivity index (χ0) is 17.8. The van der Waals surface area contributed by atoms with Crippen LogP contribution in [-0.4, -0.2) is 37.7 Å². The van der Waals surface area contributed by atoms with Gasteiger partial charge in [0.15, 0.2) is 0 Å². The molecule has 1 aliphatic heterocycles. The molecule has 1 atom stereocenters. The smallest absolute Gasteiger partial charge is 0.124 e. The Morgan fingerprint density at radius 2 is 1.76 bits per heavy atom. The van der Waals surface area contributed by atoms with Crippen LogP contribution >= 0.6 is 11.6 Å². The van der Waals surface area contributed by atoms with Crippen molar-refractivity contribution in [1.29, 1.82) is 0 Å². The highest BCUT2D eigenvalue weighted by Gasteiger charge is 2.27. The maximum atomic E-state index is 6.36. The minimum Gasteiger partial charge on any atom is -0.494 e. The molecule has 0 amide bonds. The number of halogens is 1. The van der Waals surface area contributed by atoms with E-state index in [9.17, 15) is 0 Å². The second-order valence-electron chi connectivity index (χ2n) is 6.72. The molecule has 2 aromatic carbocycles. The van der Waals surface area contributed by atoms with Crippen molar-refractivity contribution in [1.82, 2.24) is 10.2 Å². The molecule has 0 radical (unpaired) electrons. The lowest BCUT2D eigenvalue weighted by Gasteiger charge is -2.36. The highest BCUT2D eigenvalue weighted by atomic mass is 35.5. The summed E-state index contributed by atoms with van der Waals surface area (Å²) >= 11 is 6.36. The van der Waals surface area contributed by atoms with Gasteiger partial charge < -0.3 is 10.1 Å². The Balaban J connectivity index is 2.12. The molecule has 1 N–H and O–H groups in total. The standard InChI is InChI=1S/C21H27ClN2O/c1-4-25-20-6-5-18(22)14-19(20)21(24-9-7-23-8-10-24)17-12-15(2)11-16(3)13-17/h5-6,11-14,21,23H,4,7-10H2,1-3H3. The van der Waals surface area contributed by atoms with Gasteiger partial charge in [-0.15, -0.1) is 0 Å². The summed E-state index contributed by atoms with van der Waals surface area (Å²) in [6.45, 7) is 11.0. The van der Waals surface area contributed by atoms with Crippen molar-refractivity contribution in [3.63, 3.8) is 0 Å². The Bertz CT molecular complexity index is 706. The Morgan fingerprint density at radius 1 is 1.08 bits per heavy atom. The van der Waals surface area contributed by atoms with Crippen molar-refractivity contribution < 1.29 is 4.74 Å². The maximum absolute atomic E-state index is 6.36. The van der Waals surface area contributed by atoms with Crippen LogP contribution in [0.3, 0.4) is 0 Å². The highest BCUT2D eigenvalue weighted by Crippen LogP contribution is 2.37. The van der Waals surface area contributed by atoms with Gasteiger partial charge >= 0.3 is 0 Å². The Hall–Kier alpha value is -1.55. The topological polar surface area (TPSA) is 24.5 Å². The number of piperazine rings is 1. The van der Waals surface area contributed by atoms with Crippen LogP contribution in [-0.2, 0) is 0 Å². The van der Waals surface area contributed by atoms with Crippen LogP contribution in [0.4, 0.5) is 0 Å². The van der Waals surface area contributed by atoms with E-state index in [2.05, 4.69) is 48.3 Å². The SMILES string of the molecule is CCOc1ccc(Cl)cc1C(c1cc(C)cc(C)c1)N1CCNCC1. The second-order valence-corrected chi connectivity index (χ2v) is 7.16. The fourth-order valence-electron chi connectivity index (χ4n) is 3.72. The first kappa shape index (κ1) is 18.2. The molecular formula is C21H27ClN2O. The van der Waals surface area contributed by atoms with Crippen molar-refractivity contribution in [2.24, 2.45) is 0 Å². The summed E-state index contributed by atoms with van der Waals surface area (Å²) in [5.74, 6) is 0.926. The van der Waals surface area contributed by atoms with Gasteiger partial charge in [0, 0.05) is 36.8 Å². The summed E-state index contributed by atoms with van der Waals surface area (Å²) in [7, 11) is 0. The van der Waals surface area contributed by atoms with Crippen LogP contribution in [0, 0.1) is 13.8 Å².